The fraction of sp³-hybridized carbons (Fsp3) is 0.150. The lowest BCUT2D eigenvalue weighted by Gasteiger charge is -2.15. The molecule has 1 amide bonds. The average Bonchev–Trinajstić information content (AvgIpc) is 2.95. The number of hydrogen-bond donors (Lipinski definition) is 0. The monoisotopic (exact) mass is 399 g/mol. The normalized spacial score (nSPS) is 15.4. The second kappa shape index (κ2) is 7.94. The number of methoxy groups -OCH3 is 2. The summed E-state index contributed by atoms with van der Waals surface area (Å²) in [7, 11) is 3.14. The maximum Gasteiger partial charge on any atom is 0.270 e. The average molecular weight is 399 g/mol. The van der Waals surface area contributed by atoms with Crippen molar-refractivity contribution in [2.75, 3.05) is 19.1 Å². The van der Waals surface area contributed by atoms with E-state index in [-0.39, 0.29) is 11.7 Å². The molecule has 0 unspecified atom stereocenters. The van der Waals surface area contributed by atoms with E-state index in [4.69, 9.17) is 21.7 Å². The molecule has 0 aliphatic carbocycles. The lowest BCUT2D eigenvalue weighted by Crippen LogP contribution is -2.27. The summed E-state index contributed by atoms with van der Waals surface area (Å²) in [6.45, 7) is 1.49. The molecule has 1 heterocycles. The molecule has 2 aromatic carbocycles. The van der Waals surface area contributed by atoms with Crippen molar-refractivity contribution in [3.05, 3.63) is 58.5 Å². The molecule has 0 atom stereocenters. The zero-order valence-corrected chi connectivity index (χ0v) is 16.6. The number of hydrogen-bond acceptors (Lipinski definition) is 6. The van der Waals surface area contributed by atoms with Crippen LogP contribution in [0.25, 0.3) is 6.08 Å². The number of amides is 1. The summed E-state index contributed by atoms with van der Waals surface area (Å²) in [5, 5.41) is 0. The first kappa shape index (κ1) is 19.1. The van der Waals surface area contributed by atoms with Gasteiger partial charge in [-0.05, 0) is 37.3 Å². The Kier molecular flexibility index (Phi) is 5.62. The van der Waals surface area contributed by atoms with E-state index < -0.39 is 0 Å². The lowest BCUT2D eigenvalue weighted by molar-refractivity contribution is -0.113. The fourth-order valence-corrected chi connectivity index (χ4v) is 3.92. The number of Topliss-reactive ketones (excluding diaryl/α,β-unsaturated/α-hetero) is 1. The predicted molar refractivity (Wildman–Crippen MR) is 112 cm³/mol. The molecule has 3 rings (SSSR count). The highest BCUT2D eigenvalue weighted by Crippen LogP contribution is 2.37. The summed E-state index contributed by atoms with van der Waals surface area (Å²) < 4.78 is 11.0. The molecule has 1 saturated heterocycles. The quantitative estimate of drug-likeness (QED) is 0.424. The second-order valence-electron chi connectivity index (χ2n) is 5.73. The molecule has 1 aliphatic heterocycles. The number of thioether (sulfide) groups is 1. The Morgan fingerprint density at radius 2 is 1.93 bits per heavy atom. The maximum absolute atomic E-state index is 12.9. The molecule has 0 radical (unpaired) electrons. The van der Waals surface area contributed by atoms with Crippen LogP contribution in [-0.4, -0.2) is 30.2 Å². The number of ether oxygens (including phenoxy) is 2. The van der Waals surface area contributed by atoms with E-state index in [1.165, 1.54) is 23.6 Å². The number of nitrogens with zero attached hydrogens (tertiary/aromatic N) is 1. The summed E-state index contributed by atoms with van der Waals surface area (Å²) in [6, 6.07) is 12.2. The van der Waals surface area contributed by atoms with Crippen LogP contribution in [0, 0.1) is 0 Å². The third kappa shape index (κ3) is 3.89. The predicted octanol–water partition coefficient (Wildman–Crippen LogP) is 4.31. The smallest absolute Gasteiger partial charge is 0.270 e. The van der Waals surface area contributed by atoms with E-state index in [0.717, 1.165) is 5.56 Å². The molecule has 0 saturated carbocycles. The van der Waals surface area contributed by atoms with Crippen molar-refractivity contribution in [1.29, 1.82) is 0 Å². The van der Waals surface area contributed by atoms with Crippen LogP contribution >= 0.6 is 24.0 Å². The Balaban J connectivity index is 1.96. The van der Waals surface area contributed by atoms with Crippen molar-refractivity contribution >= 4 is 51.8 Å². The van der Waals surface area contributed by atoms with E-state index in [9.17, 15) is 9.59 Å². The summed E-state index contributed by atoms with van der Waals surface area (Å²) >= 11 is 6.61. The number of benzene rings is 2. The molecular weight excluding hydrogens is 382 g/mol. The molecular formula is C20H17NO4S2. The topological polar surface area (TPSA) is 55.8 Å². The summed E-state index contributed by atoms with van der Waals surface area (Å²) in [5.41, 5.74) is 1.86. The number of carbonyl (C=O) groups excluding carboxylic acids is 2. The van der Waals surface area contributed by atoms with Crippen LogP contribution in [0.4, 0.5) is 5.69 Å². The molecule has 138 valence electrons. The van der Waals surface area contributed by atoms with E-state index >= 15 is 0 Å². The van der Waals surface area contributed by atoms with Gasteiger partial charge in [0.2, 0.25) is 0 Å². The first-order valence-electron chi connectivity index (χ1n) is 8.05. The van der Waals surface area contributed by atoms with Gasteiger partial charge in [0, 0.05) is 17.2 Å². The minimum atomic E-state index is -0.233. The summed E-state index contributed by atoms with van der Waals surface area (Å²) in [4.78, 5) is 26.5. The zero-order valence-electron chi connectivity index (χ0n) is 15.0. The van der Waals surface area contributed by atoms with Gasteiger partial charge in [-0.15, -0.1) is 0 Å². The van der Waals surface area contributed by atoms with Gasteiger partial charge < -0.3 is 9.47 Å². The minimum absolute atomic E-state index is 0.0687. The van der Waals surface area contributed by atoms with Crippen molar-refractivity contribution in [1.82, 2.24) is 0 Å². The van der Waals surface area contributed by atoms with E-state index in [1.54, 1.807) is 56.7 Å². The van der Waals surface area contributed by atoms with Crippen LogP contribution < -0.4 is 14.4 Å². The van der Waals surface area contributed by atoms with Crippen molar-refractivity contribution in [2.24, 2.45) is 0 Å². The third-order valence-corrected chi connectivity index (χ3v) is 5.33. The molecule has 27 heavy (non-hydrogen) atoms. The largest absolute Gasteiger partial charge is 0.497 e. The highest BCUT2D eigenvalue weighted by atomic mass is 32.2. The molecule has 7 heteroatoms. The van der Waals surface area contributed by atoms with Crippen molar-refractivity contribution in [3.63, 3.8) is 0 Å². The van der Waals surface area contributed by atoms with Gasteiger partial charge in [0.1, 0.15) is 11.5 Å². The number of anilines is 1. The molecule has 2 aromatic rings. The Bertz CT molecular complexity index is 968. The van der Waals surface area contributed by atoms with Crippen LogP contribution in [0.1, 0.15) is 22.8 Å². The van der Waals surface area contributed by atoms with E-state index in [0.29, 0.717) is 32.0 Å². The molecule has 0 N–H and O–H groups in total. The van der Waals surface area contributed by atoms with E-state index in [1.807, 2.05) is 6.07 Å². The first-order valence-corrected chi connectivity index (χ1v) is 9.28. The van der Waals surface area contributed by atoms with Gasteiger partial charge >= 0.3 is 0 Å². The molecule has 0 aromatic heterocycles. The van der Waals surface area contributed by atoms with Crippen molar-refractivity contribution in [2.45, 2.75) is 6.92 Å². The molecule has 5 nitrogen and oxygen atoms in total. The minimum Gasteiger partial charge on any atom is -0.497 e. The van der Waals surface area contributed by atoms with Gasteiger partial charge in [-0.3, -0.25) is 14.5 Å². The van der Waals surface area contributed by atoms with Gasteiger partial charge in [0.05, 0.1) is 24.8 Å². The number of thiocarbonyl (C=S) groups is 1. The molecule has 0 bridgehead atoms. The van der Waals surface area contributed by atoms with Gasteiger partial charge in [-0.2, -0.15) is 0 Å². The summed E-state index contributed by atoms with van der Waals surface area (Å²) in [6.07, 6.45) is 1.74. The molecule has 1 fully saturated rings. The Morgan fingerprint density at radius 1 is 1.15 bits per heavy atom. The highest BCUT2D eigenvalue weighted by molar-refractivity contribution is 8.27. The number of rotatable bonds is 5. The molecule has 0 spiro atoms. The van der Waals surface area contributed by atoms with Crippen molar-refractivity contribution in [3.8, 4) is 11.5 Å². The van der Waals surface area contributed by atoms with Gasteiger partial charge in [-0.25, -0.2) is 0 Å². The lowest BCUT2D eigenvalue weighted by atomic mass is 10.1. The van der Waals surface area contributed by atoms with E-state index in [2.05, 4.69) is 0 Å². The van der Waals surface area contributed by atoms with Gasteiger partial charge in [0.25, 0.3) is 5.91 Å². The Morgan fingerprint density at radius 3 is 2.59 bits per heavy atom. The Labute approximate surface area is 167 Å². The van der Waals surface area contributed by atoms with Gasteiger partial charge in [0.15, 0.2) is 10.1 Å². The Hall–Kier alpha value is -2.64. The van der Waals surface area contributed by atoms with Crippen LogP contribution in [0.2, 0.25) is 0 Å². The van der Waals surface area contributed by atoms with Crippen LogP contribution in [0.3, 0.4) is 0 Å². The maximum atomic E-state index is 12.9. The van der Waals surface area contributed by atoms with Crippen molar-refractivity contribution < 1.29 is 19.1 Å². The fourth-order valence-electron chi connectivity index (χ4n) is 2.63. The third-order valence-electron chi connectivity index (χ3n) is 4.03. The SMILES string of the molecule is COc1ccc(/C=C2\SC(=S)N(c3cccc(C(C)=O)c3)C2=O)c(OC)c1. The first-order chi connectivity index (χ1) is 12.9. The zero-order chi connectivity index (χ0) is 19.6. The second-order valence-corrected chi connectivity index (χ2v) is 7.41. The van der Waals surface area contributed by atoms with Crippen LogP contribution in [-0.2, 0) is 4.79 Å². The standard InChI is InChI=1S/C20H17NO4S2/c1-12(22)13-5-4-6-15(9-13)21-19(23)18(27-20(21)26)10-14-7-8-16(24-2)11-17(14)25-3/h4-11H,1-3H3/b18-10-. The highest BCUT2D eigenvalue weighted by Gasteiger charge is 2.33. The van der Waals surface area contributed by atoms with Crippen LogP contribution in [0.5, 0.6) is 11.5 Å². The van der Waals surface area contributed by atoms with Gasteiger partial charge in [-0.1, -0.05) is 36.1 Å². The number of carbonyl (C=O) groups is 2. The molecule has 1 aliphatic rings. The summed E-state index contributed by atoms with van der Waals surface area (Å²) in [5.74, 6) is 0.958. The van der Waals surface area contributed by atoms with Crippen LogP contribution in [0.15, 0.2) is 47.4 Å². The number of ketones is 1.